The third-order valence-electron chi connectivity index (χ3n) is 4.01. The fourth-order valence-electron chi connectivity index (χ4n) is 2.71. The monoisotopic (exact) mass is 401 g/mol. The van der Waals surface area contributed by atoms with Crippen LogP contribution in [0, 0.1) is 0 Å². The quantitative estimate of drug-likeness (QED) is 0.686. The summed E-state index contributed by atoms with van der Waals surface area (Å²) in [5.74, 6) is -1.59. The Labute approximate surface area is 166 Å². The van der Waals surface area contributed by atoms with Crippen LogP contribution in [0.5, 0.6) is 0 Å². The van der Waals surface area contributed by atoms with Crippen molar-refractivity contribution in [1.29, 1.82) is 0 Å². The zero-order valence-electron chi connectivity index (χ0n) is 14.1. The Bertz CT molecular complexity index is 984. The lowest BCUT2D eigenvalue weighted by atomic mass is 10.2. The molecule has 0 unspecified atom stereocenters. The molecule has 0 atom stereocenters. The van der Waals surface area contributed by atoms with Gasteiger partial charge in [-0.3, -0.25) is 14.9 Å². The van der Waals surface area contributed by atoms with Crippen molar-refractivity contribution >= 4 is 35.1 Å². The number of rotatable bonds is 6. The zero-order chi connectivity index (χ0) is 19.4. The maximum absolute atomic E-state index is 12.7. The van der Waals surface area contributed by atoms with E-state index in [1.165, 1.54) is 12.1 Å². The second kappa shape index (κ2) is 8.29. The van der Waals surface area contributed by atoms with E-state index in [1.807, 2.05) is 36.4 Å². The standard InChI is InChI=1S/C20H16Cl2N2O3/c21-14-6-9-16(17(22)12-14)20(27)23-24-15(8-11-19(25)26)7-10-18(24)13-4-2-1-3-5-13/h1-7,9-10,12H,8,11H2,(H,23,27)(H,25,26)/p-1. The number of aryl methyl sites for hydroxylation is 1. The van der Waals surface area contributed by atoms with Gasteiger partial charge >= 0.3 is 0 Å². The highest BCUT2D eigenvalue weighted by molar-refractivity contribution is 6.37. The minimum atomic E-state index is -1.16. The van der Waals surface area contributed by atoms with E-state index < -0.39 is 11.9 Å². The molecule has 0 fully saturated rings. The molecular formula is C20H15Cl2N2O3-. The Balaban J connectivity index is 1.97. The Morgan fingerprint density at radius 2 is 1.74 bits per heavy atom. The van der Waals surface area contributed by atoms with Crippen LogP contribution in [-0.4, -0.2) is 16.6 Å². The summed E-state index contributed by atoms with van der Waals surface area (Å²) in [6.07, 6.45) is 0.0552. The molecule has 138 valence electrons. The molecule has 1 heterocycles. The molecule has 0 saturated carbocycles. The van der Waals surface area contributed by atoms with Crippen molar-refractivity contribution in [2.24, 2.45) is 0 Å². The lowest BCUT2D eigenvalue weighted by Gasteiger charge is -2.16. The number of halogens is 2. The number of amides is 1. The summed E-state index contributed by atoms with van der Waals surface area (Å²) in [4.78, 5) is 23.6. The highest BCUT2D eigenvalue weighted by atomic mass is 35.5. The first-order chi connectivity index (χ1) is 13.0. The lowest BCUT2D eigenvalue weighted by Crippen LogP contribution is -2.27. The number of carboxylic acids is 1. The van der Waals surface area contributed by atoms with Crippen molar-refractivity contribution < 1.29 is 14.7 Å². The number of nitrogens with zero attached hydrogens (tertiary/aromatic N) is 1. The summed E-state index contributed by atoms with van der Waals surface area (Å²) in [5, 5.41) is 11.5. The molecule has 1 aromatic heterocycles. The SMILES string of the molecule is O=C([O-])CCc1ccc(-c2ccccc2)n1NC(=O)c1ccc(Cl)cc1Cl. The third-order valence-corrected chi connectivity index (χ3v) is 4.55. The molecule has 0 aliphatic heterocycles. The number of carbonyl (C=O) groups is 2. The highest BCUT2D eigenvalue weighted by Crippen LogP contribution is 2.24. The molecule has 0 spiro atoms. The first-order valence-electron chi connectivity index (χ1n) is 8.18. The van der Waals surface area contributed by atoms with Crippen LogP contribution in [0.3, 0.4) is 0 Å². The fourth-order valence-corrected chi connectivity index (χ4v) is 3.20. The summed E-state index contributed by atoms with van der Waals surface area (Å²) in [5.41, 5.74) is 5.29. The molecule has 3 aromatic rings. The van der Waals surface area contributed by atoms with Crippen LogP contribution in [0.2, 0.25) is 10.0 Å². The summed E-state index contributed by atoms with van der Waals surface area (Å²) in [7, 11) is 0. The Morgan fingerprint density at radius 1 is 1.00 bits per heavy atom. The van der Waals surface area contributed by atoms with E-state index in [0.29, 0.717) is 10.7 Å². The minimum Gasteiger partial charge on any atom is -0.550 e. The van der Waals surface area contributed by atoms with Crippen LogP contribution in [0.4, 0.5) is 0 Å². The van der Waals surface area contributed by atoms with Crippen LogP contribution >= 0.6 is 23.2 Å². The van der Waals surface area contributed by atoms with E-state index in [1.54, 1.807) is 16.8 Å². The van der Waals surface area contributed by atoms with E-state index >= 15 is 0 Å². The van der Waals surface area contributed by atoms with Crippen molar-refractivity contribution in [2.75, 3.05) is 5.43 Å². The molecule has 1 N–H and O–H groups in total. The molecule has 0 radical (unpaired) electrons. The van der Waals surface area contributed by atoms with Gasteiger partial charge in [-0.1, -0.05) is 53.5 Å². The molecule has 0 bridgehead atoms. The van der Waals surface area contributed by atoms with Gasteiger partial charge in [-0.25, -0.2) is 0 Å². The van der Waals surface area contributed by atoms with Gasteiger partial charge in [0.15, 0.2) is 0 Å². The fraction of sp³-hybridized carbons (Fsp3) is 0.100. The first-order valence-corrected chi connectivity index (χ1v) is 8.93. The average Bonchev–Trinajstić information content (AvgIpc) is 3.03. The molecule has 0 aliphatic carbocycles. The maximum atomic E-state index is 12.7. The van der Waals surface area contributed by atoms with Gasteiger partial charge in [0, 0.05) is 22.2 Å². The number of carboxylic acid groups (broad SMARTS) is 1. The Hall–Kier alpha value is -2.76. The normalized spacial score (nSPS) is 10.6. The molecule has 0 saturated heterocycles. The van der Waals surface area contributed by atoms with Gasteiger partial charge in [0.25, 0.3) is 5.91 Å². The van der Waals surface area contributed by atoms with Crippen molar-refractivity contribution in [1.82, 2.24) is 4.68 Å². The second-order valence-corrected chi connectivity index (χ2v) is 6.69. The minimum absolute atomic E-state index is 0.157. The van der Waals surface area contributed by atoms with Crippen molar-refractivity contribution in [3.63, 3.8) is 0 Å². The topological polar surface area (TPSA) is 74.2 Å². The van der Waals surface area contributed by atoms with Gasteiger partial charge in [0.2, 0.25) is 0 Å². The molecule has 2 aromatic carbocycles. The zero-order valence-corrected chi connectivity index (χ0v) is 15.6. The van der Waals surface area contributed by atoms with Crippen molar-refractivity contribution in [3.8, 4) is 11.3 Å². The number of hydrogen-bond acceptors (Lipinski definition) is 3. The van der Waals surface area contributed by atoms with Crippen LogP contribution < -0.4 is 10.5 Å². The van der Waals surface area contributed by atoms with Gasteiger partial charge in [0.1, 0.15) is 0 Å². The number of aliphatic carboxylic acids is 1. The summed E-state index contributed by atoms with van der Waals surface area (Å²) in [6, 6.07) is 17.6. The number of benzene rings is 2. The number of aromatic nitrogens is 1. The predicted octanol–water partition coefficient (Wildman–Crippen LogP) is 3.53. The lowest BCUT2D eigenvalue weighted by molar-refractivity contribution is -0.305. The summed E-state index contributed by atoms with van der Waals surface area (Å²) in [6.45, 7) is 0. The van der Waals surface area contributed by atoms with Gasteiger partial charge in [-0.15, -0.1) is 0 Å². The second-order valence-electron chi connectivity index (χ2n) is 5.85. The molecule has 5 nitrogen and oxygen atoms in total. The number of carbonyl (C=O) groups excluding carboxylic acids is 2. The molecule has 7 heteroatoms. The van der Waals surface area contributed by atoms with Crippen LogP contribution in [0.25, 0.3) is 11.3 Å². The van der Waals surface area contributed by atoms with Crippen molar-refractivity contribution in [3.05, 3.63) is 82.0 Å². The van der Waals surface area contributed by atoms with Gasteiger partial charge in [-0.05, 0) is 43.2 Å². The smallest absolute Gasteiger partial charge is 0.271 e. The van der Waals surface area contributed by atoms with Crippen LogP contribution in [0.1, 0.15) is 22.5 Å². The number of nitrogens with one attached hydrogen (secondary N) is 1. The third kappa shape index (κ3) is 4.51. The number of hydrogen-bond donors (Lipinski definition) is 1. The van der Waals surface area contributed by atoms with Crippen LogP contribution in [-0.2, 0) is 11.2 Å². The highest BCUT2D eigenvalue weighted by Gasteiger charge is 2.16. The van der Waals surface area contributed by atoms with Gasteiger partial charge in [-0.2, -0.15) is 0 Å². The van der Waals surface area contributed by atoms with E-state index in [0.717, 1.165) is 11.3 Å². The van der Waals surface area contributed by atoms with E-state index in [9.17, 15) is 14.7 Å². The molecular weight excluding hydrogens is 387 g/mol. The molecule has 27 heavy (non-hydrogen) atoms. The van der Waals surface area contributed by atoms with E-state index in [4.69, 9.17) is 23.2 Å². The predicted molar refractivity (Wildman–Crippen MR) is 103 cm³/mol. The summed E-state index contributed by atoms with van der Waals surface area (Å²) >= 11 is 12.0. The summed E-state index contributed by atoms with van der Waals surface area (Å²) < 4.78 is 1.57. The van der Waals surface area contributed by atoms with Gasteiger partial charge in [0.05, 0.1) is 16.3 Å². The van der Waals surface area contributed by atoms with Crippen molar-refractivity contribution in [2.45, 2.75) is 12.8 Å². The average molecular weight is 402 g/mol. The van der Waals surface area contributed by atoms with E-state index in [-0.39, 0.29) is 23.4 Å². The Morgan fingerprint density at radius 3 is 2.41 bits per heavy atom. The molecule has 0 aliphatic rings. The molecule has 3 rings (SSSR count). The molecule has 1 amide bonds. The first kappa shape index (κ1) is 19.0. The van der Waals surface area contributed by atoms with Gasteiger partial charge < -0.3 is 9.90 Å². The maximum Gasteiger partial charge on any atom is 0.271 e. The van der Waals surface area contributed by atoms with Crippen LogP contribution in [0.15, 0.2) is 60.7 Å². The van der Waals surface area contributed by atoms with E-state index in [2.05, 4.69) is 5.43 Å². The largest absolute Gasteiger partial charge is 0.550 e. The Kier molecular flexibility index (Phi) is 5.84.